The van der Waals surface area contributed by atoms with Gasteiger partial charge in [-0.15, -0.1) is 0 Å². The zero-order valence-electron chi connectivity index (χ0n) is 15.9. The minimum atomic E-state index is -3.94. The molecule has 2 aromatic rings. The molecule has 1 aromatic carbocycles. The topological polar surface area (TPSA) is 124 Å². The largest absolute Gasteiger partial charge is 0.454 e. The number of aromatic nitrogens is 1. The first-order valence-electron chi connectivity index (χ1n) is 8.91. The van der Waals surface area contributed by atoms with Crippen LogP contribution in [0, 0.1) is 0 Å². The Bertz CT molecular complexity index is 1010. The highest BCUT2D eigenvalue weighted by molar-refractivity contribution is 7.91. The van der Waals surface area contributed by atoms with Crippen LogP contribution in [0.15, 0.2) is 47.6 Å². The summed E-state index contributed by atoms with van der Waals surface area (Å²) in [6.07, 6.45) is 2.93. The van der Waals surface area contributed by atoms with E-state index in [1.807, 2.05) is 0 Å². The molecule has 0 saturated carbocycles. The van der Waals surface area contributed by atoms with Crippen molar-refractivity contribution in [3.8, 4) is 11.5 Å². The van der Waals surface area contributed by atoms with Crippen LogP contribution in [0.2, 0.25) is 0 Å². The lowest BCUT2D eigenvalue weighted by Gasteiger charge is -2.19. The number of nitrogens with zero attached hydrogens (tertiary/aromatic N) is 1. The maximum Gasteiger partial charge on any atom is 0.309 e. The number of rotatable bonds is 6. The number of benzene rings is 1. The molecule has 1 aliphatic rings. The number of hydrogen-bond acceptors (Lipinski definition) is 7. The molecule has 0 saturated heterocycles. The quantitative estimate of drug-likeness (QED) is 0.669. The second-order valence-corrected chi connectivity index (χ2v) is 8.80. The van der Waals surface area contributed by atoms with Crippen LogP contribution in [0.25, 0.3) is 0 Å². The fourth-order valence-corrected chi connectivity index (χ4v) is 4.44. The number of nitrogens with one attached hydrogen (secondary N) is 2. The number of hydrogen-bond donors (Lipinski definition) is 2. The van der Waals surface area contributed by atoms with Crippen LogP contribution in [0.4, 0.5) is 0 Å². The Hall–Kier alpha value is -3.14. The number of sulfone groups is 1. The van der Waals surface area contributed by atoms with E-state index in [0.29, 0.717) is 17.1 Å². The molecule has 0 radical (unpaired) electrons. The highest BCUT2D eigenvalue weighted by Crippen LogP contribution is 2.37. The predicted octanol–water partition coefficient (Wildman–Crippen LogP) is 0.966. The molecular weight excluding hydrogens is 398 g/mol. The van der Waals surface area contributed by atoms with Gasteiger partial charge in [0.25, 0.3) is 0 Å². The zero-order chi connectivity index (χ0) is 21.0. The van der Waals surface area contributed by atoms with E-state index >= 15 is 0 Å². The van der Waals surface area contributed by atoms with Crippen LogP contribution in [0.3, 0.4) is 0 Å². The van der Waals surface area contributed by atoms with Crippen LogP contribution < -0.4 is 20.1 Å². The standard InChI is InChI=1S/C19H21N3O6S/c1-12(2)22-19(24)18(23)21-10-17(13-4-3-7-20-9-13)29(25,26)14-5-6-15-16(8-14)28-11-27-15/h3-9,12,17H,10-11H2,1-2H3,(H,21,23)(H,22,24)/t17-/m1/s1. The molecule has 1 aliphatic heterocycles. The molecule has 0 fully saturated rings. The summed E-state index contributed by atoms with van der Waals surface area (Å²) in [5.74, 6) is -0.948. The van der Waals surface area contributed by atoms with Crippen molar-refractivity contribution in [2.24, 2.45) is 0 Å². The smallest absolute Gasteiger partial charge is 0.309 e. The normalized spacial score (nSPS) is 13.8. The molecule has 2 N–H and O–H groups in total. The molecular formula is C19H21N3O6S. The van der Waals surface area contributed by atoms with Gasteiger partial charge in [-0.25, -0.2) is 8.42 Å². The maximum absolute atomic E-state index is 13.3. The van der Waals surface area contributed by atoms with Crippen LogP contribution in [0.1, 0.15) is 24.7 Å². The van der Waals surface area contributed by atoms with E-state index in [1.54, 1.807) is 26.0 Å². The highest BCUT2D eigenvalue weighted by Gasteiger charge is 2.32. The van der Waals surface area contributed by atoms with Crippen molar-refractivity contribution in [2.75, 3.05) is 13.3 Å². The minimum absolute atomic E-state index is 0.0106. The van der Waals surface area contributed by atoms with Gasteiger partial charge in [0.05, 0.1) is 4.90 Å². The summed E-state index contributed by atoms with van der Waals surface area (Å²) in [7, 11) is -3.94. The van der Waals surface area contributed by atoms with Gasteiger partial charge in [-0.2, -0.15) is 0 Å². The Morgan fingerprint density at radius 2 is 1.90 bits per heavy atom. The molecule has 29 heavy (non-hydrogen) atoms. The molecule has 2 heterocycles. The maximum atomic E-state index is 13.3. The van der Waals surface area contributed by atoms with Crippen molar-refractivity contribution in [3.05, 3.63) is 48.3 Å². The molecule has 10 heteroatoms. The van der Waals surface area contributed by atoms with Crippen molar-refractivity contribution < 1.29 is 27.5 Å². The second kappa shape index (κ2) is 8.48. The van der Waals surface area contributed by atoms with Crippen molar-refractivity contribution in [3.63, 3.8) is 0 Å². The van der Waals surface area contributed by atoms with Gasteiger partial charge in [0, 0.05) is 31.0 Å². The fourth-order valence-electron chi connectivity index (χ4n) is 2.78. The Balaban J connectivity index is 1.87. The van der Waals surface area contributed by atoms with Crippen molar-refractivity contribution in [1.82, 2.24) is 15.6 Å². The van der Waals surface area contributed by atoms with E-state index in [2.05, 4.69) is 15.6 Å². The average Bonchev–Trinajstić information content (AvgIpc) is 3.16. The molecule has 0 spiro atoms. The number of amides is 2. The molecule has 154 valence electrons. The van der Waals surface area contributed by atoms with E-state index < -0.39 is 26.9 Å². The van der Waals surface area contributed by atoms with Crippen molar-refractivity contribution in [2.45, 2.75) is 30.0 Å². The Kier molecular flexibility index (Phi) is 6.02. The van der Waals surface area contributed by atoms with Crippen LogP contribution >= 0.6 is 0 Å². The third-order valence-electron chi connectivity index (χ3n) is 4.18. The number of carbonyl (C=O) groups excluding carboxylic acids is 2. The van der Waals surface area contributed by atoms with E-state index in [-0.39, 0.29) is 24.3 Å². The molecule has 0 aliphatic carbocycles. The highest BCUT2D eigenvalue weighted by atomic mass is 32.2. The summed E-state index contributed by atoms with van der Waals surface area (Å²) >= 11 is 0. The van der Waals surface area contributed by atoms with E-state index in [0.717, 1.165) is 0 Å². The number of carbonyl (C=O) groups is 2. The van der Waals surface area contributed by atoms with E-state index in [1.165, 1.54) is 30.6 Å². The summed E-state index contributed by atoms with van der Waals surface area (Å²) in [5, 5.41) is 3.72. The van der Waals surface area contributed by atoms with E-state index in [4.69, 9.17) is 9.47 Å². The average molecular weight is 419 g/mol. The van der Waals surface area contributed by atoms with Gasteiger partial charge in [0.2, 0.25) is 6.79 Å². The lowest BCUT2D eigenvalue weighted by molar-refractivity contribution is -0.139. The first-order valence-corrected chi connectivity index (χ1v) is 10.5. The van der Waals surface area contributed by atoms with Crippen molar-refractivity contribution in [1.29, 1.82) is 0 Å². The minimum Gasteiger partial charge on any atom is -0.454 e. The van der Waals surface area contributed by atoms with Crippen molar-refractivity contribution >= 4 is 21.7 Å². The predicted molar refractivity (Wildman–Crippen MR) is 103 cm³/mol. The van der Waals surface area contributed by atoms with Crippen LogP contribution in [-0.4, -0.2) is 44.6 Å². The second-order valence-electron chi connectivity index (χ2n) is 6.67. The van der Waals surface area contributed by atoms with Crippen LogP contribution in [-0.2, 0) is 19.4 Å². The molecule has 2 amide bonds. The van der Waals surface area contributed by atoms with Gasteiger partial charge in [-0.3, -0.25) is 14.6 Å². The first-order chi connectivity index (χ1) is 13.8. The van der Waals surface area contributed by atoms with Gasteiger partial charge in [0.15, 0.2) is 21.3 Å². The van der Waals surface area contributed by atoms with E-state index in [9.17, 15) is 18.0 Å². The lowest BCUT2D eigenvalue weighted by Crippen LogP contribution is -2.44. The van der Waals surface area contributed by atoms with Gasteiger partial charge in [-0.05, 0) is 37.6 Å². The Morgan fingerprint density at radius 3 is 2.59 bits per heavy atom. The monoisotopic (exact) mass is 419 g/mol. The fraction of sp³-hybridized carbons (Fsp3) is 0.316. The summed E-state index contributed by atoms with van der Waals surface area (Å²) < 4.78 is 37.1. The molecule has 0 unspecified atom stereocenters. The third-order valence-corrected chi connectivity index (χ3v) is 6.28. The molecule has 1 aromatic heterocycles. The number of fused-ring (bicyclic) bond motifs is 1. The third kappa shape index (κ3) is 4.65. The van der Waals surface area contributed by atoms with Crippen LogP contribution in [0.5, 0.6) is 11.5 Å². The molecule has 9 nitrogen and oxygen atoms in total. The summed E-state index contributed by atoms with van der Waals surface area (Å²) in [5.41, 5.74) is 0.384. The van der Waals surface area contributed by atoms with Gasteiger partial charge in [0.1, 0.15) is 5.25 Å². The number of pyridine rings is 1. The Labute approximate surface area is 168 Å². The van der Waals surface area contributed by atoms with Gasteiger partial charge < -0.3 is 20.1 Å². The molecule has 0 bridgehead atoms. The zero-order valence-corrected chi connectivity index (χ0v) is 16.7. The molecule has 1 atom stereocenters. The summed E-state index contributed by atoms with van der Waals surface area (Å²) in [4.78, 5) is 27.9. The first kappa shape index (κ1) is 20.6. The summed E-state index contributed by atoms with van der Waals surface area (Å²) in [6.45, 7) is 3.15. The molecule has 3 rings (SSSR count). The van der Waals surface area contributed by atoms with Gasteiger partial charge >= 0.3 is 11.8 Å². The lowest BCUT2D eigenvalue weighted by atomic mass is 10.2. The SMILES string of the molecule is CC(C)NC(=O)C(=O)NC[C@H](c1cccnc1)S(=O)(=O)c1ccc2c(c1)OCO2. The number of ether oxygens (including phenoxy) is 2. The van der Waals surface area contributed by atoms with Gasteiger partial charge in [-0.1, -0.05) is 6.07 Å². The Morgan fingerprint density at radius 1 is 1.14 bits per heavy atom. The summed E-state index contributed by atoms with van der Waals surface area (Å²) in [6, 6.07) is 7.30.